The number of carbonyl (C=O) groups excluding carboxylic acids is 1. The first kappa shape index (κ1) is 12.2. The molecule has 1 aliphatic heterocycles. The largest absolute Gasteiger partial charge is 0.323 e. The Morgan fingerprint density at radius 2 is 2.24 bits per heavy atom. The fourth-order valence-corrected chi connectivity index (χ4v) is 2.12. The highest BCUT2D eigenvalue weighted by atomic mass is 35.5. The quantitative estimate of drug-likeness (QED) is 0.849. The van der Waals surface area contributed by atoms with Crippen molar-refractivity contribution in [3.8, 4) is 0 Å². The van der Waals surface area contributed by atoms with Crippen molar-refractivity contribution >= 4 is 23.3 Å². The molecule has 17 heavy (non-hydrogen) atoms. The van der Waals surface area contributed by atoms with Gasteiger partial charge < -0.3 is 15.5 Å². The van der Waals surface area contributed by atoms with Gasteiger partial charge in [0.1, 0.15) is 0 Å². The molecule has 1 heterocycles. The molecule has 0 spiro atoms. The Kier molecular flexibility index (Phi) is 3.86. The van der Waals surface area contributed by atoms with Crippen LogP contribution in [0.4, 0.5) is 10.5 Å². The van der Waals surface area contributed by atoms with Gasteiger partial charge >= 0.3 is 6.03 Å². The van der Waals surface area contributed by atoms with E-state index in [1.54, 1.807) is 17.0 Å². The molecule has 0 radical (unpaired) electrons. The Hall–Kier alpha value is -1.26. The molecule has 1 fully saturated rings. The van der Waals surface area contributed by atoms with Crippen LogP contribution in [0.1, 0.15) is 6.42 Å². The number of hydrogen-bond acceptors (Lipinski definition) is 2. The van der Waals surface area contributed by atoms with E-state index in [9.17, 15) is 4.79 Å². The lowest BCUT2D eigenvalue weighted by atomic mass is 10.3. The third-order valence-corrected chi connectivity index (χ3v) is 3.33. The molecule has 1 aromatic carbocycles. The minimum absolute atomic E-state index is 0.0872. The lowest BCUT2D eigenvalue weighted by molar-refractivity contribution is 0.221. The van der Waals surface area contributed by atoms with Gasteiger partial charge in [-0.3, -0.25) is 0 Å². The molecule has 92 valence electrons. The zero-order valence-corrected chi connectivity index (χ0v) is 10.5. The number of nitrogens with one attached hydrogen (secondary N) is 2. The summed E-state index contributed by atoms with van der Waals surface area (Å²) < 4.78 is 0. The van der Waals surface area contributed by atoms with Crippen LogP contribution in [0.5, 0.6) is 0 Å². The molecular formula is C12H16ClN3O. The normalized spacial score (nSPS) is 19.4. The first-order valence-corrected chi connectivity index (χ1v) is 6.06. The Morgan fingerprint density at radius 1 is 1.47 bits per heavy atom. The predicted octanol–water partition coefficient (Wildman–Crippen LogP) is 2.17. The van der Waals surface area contributed by atoms with E-state index < -0.39 is 0 Å². The summed E-state index contributed by atoms with van der Waals surface area (Å²) in [6, 6.07) is 7.55. The second-order valence-corrected chi connectivity index (χ2v) is 4.54. The van der Waals surface area contributed by atoms with E-state index in [2.05, 4.69) is 10.6 Å². The SMILES string of the molecule is CN[C@H]1CCN(C(=O)Nc2ccccc2Cl)C1. The minimum Gasteiger partial charge on any atom is -0.323 e. The van der Waals surface area contributed by atoms with Crippen LogP contribution in [0.25, 0.3) is 0 Å². The number of urea groups is 1. The summed E-state index contributed by atoms with van der Waals surface area (Å²) in [5.41, 5.74) is 0.659. The molecule has 0 bridgehead atoms. The van der Waals surface area contributed by atoms with E-state index in [4.69, 9.17) is 11.6 Å². The van der Waals surface area contributed by atoms with E-state index in [0.29, 0.717) is 16.8 Å². The van der Waals surface area contributed by atoms with Gasteiger partial charge in [-0.1, -0.05) is 23.7 Å². The van der Waals surface area contributed by atoms with Gasteiger partial charge in [-0.25, -0.2) is 4.79 Å². The van der Waals surface area contributed by atoms with E-state index in [-0.39, 0.29) is 6.03 Å². The molecule has 4 nitrogen and oxygen atoms in total. The number of hydrogen-bond donors (Lipinski definition) is 2. The van der Waals surface area contributed by atoms with Crippen LogP contribution < -0.4 is 10.6 Å². The van der Waals surface area contributed by atoms with Gasteiger partial charge in [0.05, 0.1) is 10.7 Å². The van der Waals surface area contributed by atoms with Crippen LogP contribution >= 0.6 is 11.6 Å². The molecule has 1 saturated heterocycles. The Bertz CT molecular complexity index is 410. The standard InChI is InChI=1S/C12H16ClN3O/c1-14-9-6-7-16(8-9)12(17)15-11-5-3-2-4-10(11)13/h2-5,9,14H,6-8H2,1H3,(H,15,17)/t9-/m0/s1. The number of benzene rings is 1. The summed E-state index contributed by atoms with van der Waals surface area (Å²) in [4.78, 5) is 13.8. The number of amides is 2. The molecular weight excluding hydrogens is 238 g/mol. The van der Waals surface area contributed by atoms with Gasteiger partial charge in [-0.05, 0) is 25.6 Å². The number of halogens is 1. The first-order valence-electron chi connectivity index (χ1n) is 5.68. The van der Waals surface area contributed by atoms with Crippen LogP contribution in [0.3, 0.4) is 0 Å². The van der Waals surface area contributed by atoms with Crippen molar-refractivity contribution in [2.75, 3.05) is 25.5 Å². The summed E-state index contributed by atoms with van der Waals surface area (Å²) in [7, 11) is 1.92. The maximum atomic E-state index is 12.0. The predicted molar refractivity (Wildman–Crippen MR) is 69.5 cm³/mol. The summed E-state index contributed by atoms with van der Waals surface area (Å²) in [5, 5.41) is 6.56. The average Bonchev–Trinajstić information content (AvgIpc) is 2.81. The van der Waals surface area contributed by atoms with Crippen LogP contribution in [0.15, 0.2) is 24.3 Å². The van der Waals surface area contributed by atoms with Gasteiger partial charge in [-0.15, -0.1) is 0 Å². The second kappa shape index (κ2) is 5.38. The molecule has 1 atom stereocenters. The topological polar surface area (TPSA) is 44.4 Å². The van der Waals surface area contributed by atoms with E-state index >= 15 is 0 Å². The van der Waals surface area contributed by atoms with E-state index in [0.717, 1.165) is 19.5 Å². The maximum absolute atomic E-state index is 12.0. The number of anilines is 1. The van der Waals surface area contributed by atoms with Gasteiger partial charge in [0.2, 0.25) is 0 Å². The van der Waals surface area contributed by atoms with Gasteiger partial charge in [0, 0.05) is 19.1 Å². The van der Waals surface area contributed by atoms with Crippen molar-refractivity contribution < 1.29 is 4.79 Å². The Balaban J connectivity index is 1.96. The molecule has 0 unspecified atom stereocenters. The summed E-state index contributed by atoms with van der Waals surface area (Å²) in [6.45, 7) is 1.52. The fourth-order valence-electron chi connectivity index (χ4n) is 1.94. The van der Waals surface area contributed by atoms with Crippen molar-refractivity contribution in [3.05, 3.63) is 29.3 Å². The summed E-state index contributed by atoms with van der Waals surface area (Å²) >= 11 is 5.99. The fraction of sp³-hybridized carbons (Fsp3) is 0.417. The highest BCUT2D eigenvalue weighted by Crippen LogP contribution is 2.21. The summed E-state index contributed by atoms with van der Waals surface area (Å²) in [5.74, 6) is 0. The molecule has 2 N–H and O–H groups in total. The first-order chi connectivity index (χ1) is 8.20. The maximum Gasteiger partial charge on any atom is 0.321 e. The highest BCUT2D eigenvalue weighted by Gasteiger charge is 2.25. The number of rotatable bonds is 2. The highest BCUT2D eigenvalue weighted by molar-refractivity contribution is 6.33. The smallest absolute Gasteiger partial charge is 0.321 e. The van der Waals surface area contributed by atoms with E-state index in [1.165, 1.54) is 0 Å². The van der Waals surface area contributed by atoms with Crippen LogP contribution in [-0.2, 0) is 0 Å². The average molecular weight is 254 g/mol. The molecule has 2 rings (SSSR count). The lowest BCUT2D eigenvalue weighted by Gasteiger charge is -2.17. The molecule has 0 saturated carbocycles. The molecule has 1 aromatic rings. The zero-order chi connectivity index (χ0) is 12.3. The monoisotopic (exact) mass is 253 g/mol. The molecule has 0 aromatic heterocycles. The number of para-hydroxylation sites is 1. The van der Waals surface area contributed by atoms with E-state index in [1.807, 2.05) is 19.2 Å². The molecule has 2 amide bonds. The number of nitrogens with zero attached hydrogens (tertiary/aromatic N) is 1. The number of carbonyl (C=O) groups is 1. The van der Waals surface area contributed by atoms with Crippen molar-refractivity contribution in [2.45, 2.75) is 12.5 Å². The Labute approximate surface area is 106 Å². The van der Waals surface area contributed by atoms with Crippen molar-refractivity contribution in [2.24, 2.45) is 0 Å². The van der Waals surface area contributed by atoms with Gasteiger partial charge in [0.15, 0.2) is 0 Å². The van der Waals surface area contributed by atoms with Crippen LogP contribution in [-0.4, -0.2) is 37.1 Å². The minimum atomic E-state index is -0.0872. The third-order valence-electron chi connectivity index (χ3n) is 3.00. The van der Waals surface area contributed by atoms with Gasteiger partial charge in [0.25, 0.3) is 0 Å². The molecule has 5 heteroatoms. The van der Waals surface area contributed by atoms with Gasteiger partial charge in [-0.2, -0.15) is 0 Å². The van der Waals surface area contributed by atoms with Crippen molar-refractivity contribution in [1.29, 1.82) is 0 Å². The molecule has 0 aliphatic carbocycles. The number of likely N-dealkylation sites (N-methyl/N-ethyl adjacent to an activating group) is 1. The molecule has 1 aliphatic rings. The number of likely N-dealkylation sites (tertiary alicyclic amines) is 1. The second-order valence-electron chi connectivity index (χ2n) is 4.13. The summed E-state index contributed by atoms with van der Waals surface area (Å²) in [6.07, 6.45) is 0.993. The zero-order valence-electron chi connectivity index (χ0n) is 9.74. The Morgan fingerprint density at radius 3 is 2.88 bits per heavy atom. The van der Waals surface area contributed by atoms with Crippen LogP contribution in [0, 0.1) is 0 Å². The lowest BCUT2D eigenvalue weighted by Crippen LogP contribution is -2.36. The van der Waals surface area contributed by atoms with Crippen molar-refractivity contribution in [1.82, 2.24) is 10.2 Å². The van der Waals surface area contributed by atoms with Crippen molar-refractivity contribution in [3.63, 3.8) is 0 Å². The van der Waals surface area contributed by atoms with Crippen LogP contribution in [0.2, 0.25) is 5.02 Å². The third kappa shape index (κ3) is 2.90.